The Labute approximate surface area is 330 Å². The Morgan fingerprint density at radius 1 is 0.593 bits per heavy atom. The van der Waals surface area contributed by atoms with E-state index in [-0.39, 0.29) is 26.1 Å². The molecule has 54 heavy (non-hydrogen) atoms. The summed E-state index contributed by atoms with van der Waals surface area (Å²) in [5.74, 6) is -0.894. The van der Waals surface area contributed by atoms with Gasteiger partial charge in [0.25, 0.3) is 7.82 Å². The summed E-state index contributed by atoms with van der Waals surface area (Å²) in [6, 6.07) is 0. The van der Waals surface area contributed by atoms with Crippen LogP contribution < -0.4 is 4.89 Å². The normalized spacial score (nSPS) is 14.3. The molecule has 0 aliphatic rings. The molecule has 0 aromatic carbocycles. The lowest BCUT2D eigenvalue weighted by molar-refractivity contribution is -0.870. The summed E-state index contributed by atoms with van der Waals surface area (Å²) in [5, 5.41) is 0. The fourth-order valence-corrected chi connectivity index (χ4v) is 5.96. The molecule has 0 amide bonds. The summed E-state index contributed by atoms with van der Waals surface area (Å²) in [7, 11) is 1.13. The van der Waals surface area contributed by atoms with Crippen LogP contribution >= 0.6 is 7.82 Å². The van der Waals surface area contributed by atoms with E-state index in [1.54, 1.807) is 0 Å². The predicted octanol–water partition coefficient (Wildman–Crippen LogP) is 11.1. The minimum Gasteiger partial charge on any atom is -0.756 e. The molecule has 10 heteroatoms. The maximum absolute atomic E-state index is 12.6. The fourth-order valence-electron chi connectivity index (χ4n) is 5.23. The molecule has 0 aromatic rings. The predicted molar refractivity (Wildman–Crippen MR) is 222 cm³/mol. The van der Waals surface area contributed by atoms with Crippen LogP contribution in [0.4, 0.5) is 0 Å². The molecule has 0 radical (unpaired) electrons. The SMILES string of the molecule is CC/C=C\C/C=C\C/C=C\C/C=C\CCCCC(=O)OC[C@H](COP(=O)([O-])OCC[N+](C)(C)C)OC(=O)CCCCCCCCC/C=C\CCCCCC. The number of unbranched alkanes of at least 4 members (excludes halogenated alkanes) is 13. The highest BCUT2D eigenvalue weighted by molar-refractivity contribution is 7.45. The molecular formula is C44H78NO8P. The number of rotatable bonds is 37. The highest BCUT2D eigenvalue weighted by Gasteiger charge is 2.21. The van der Waals surface area contributed by atoms with Gasteiger partial charge in [-0.1, -0.05) is 126 Å². The number of likely N-dealkylation sites (N-methyl/N-ethyl adjacent to an activating group) is 1. The first-order valence-electron chi connectivity index (χ1n) is 21.0. The molecule has 1 unspecified atom stereocenters. The zero-order valence-corrected chi connectivity index (χ0v) is 35.8. The van der Waals surface area contributed by atoms with Gasteiger partial charge in [-0.15, -0.1) is 0 Å². The number of carbonyl (C=O) groups is 2. The van der Waals surface area contributed by atoms with Crippen molar-refractivity contribution in [1.29, 1.82) is 0 Å². The number of hydrogen-bond acceptors (Lipinski definition) is 8. The number of carbonyl (C=O) groups excluding carboxylic acids is 2. The molecule has 0 bridgehead atoms. The summed E-state index contributed by atoms with van der Waals surface area (Å²) < 4.78 is 33.8. The van der Waals surface area contributed by atoms with Gasteiger partial charge < -0.3 is 27.9 Å². The molecule has 0 heterocycles. The molecule has 312 valence electrons. The van der Waals surface area contributed by atoms with Crippen molar-refractivity contribution in [2.75, 3.05) is 47.5 Å². The monoisotopic (exact) mass is 780 g/mol. The van der Waals surface area contributed by atoms with Gasteiger partial charge in [0, 0.05) is 12.8 Å². The van der Waals surface area contributed by atoms with Crippen molar-refractivity contribution in [2.45, 2.75) is 161 Å². The van der Waals surface area contributed by atoms with Crippen LogP contribution in [0.2, 0.25) is 0 Å². The second-order valence-corrected chi connectivity index (χ2v) is 16.4. The molecular weight excluding hydrogens is 701 g/mol. The Kier molecular flexibility index (Phi) is 34.8. The Balaban J connectivity index is 4.47. The Bertz CT molecular complexity index is 1110. The standard InChI is InChI=1S/C44H78NO8P/c1-6-8-10-12-14-16-18-20-22-24-26-28-30-32-34-36-43(46)50-40-42(41-52-54(48,49)51-39-38-45(3,4)5)53-44(47)37-35-33-31-29-27-25-23-21-19-17-15-13-11-9-7-2/h8,10,14,16-17,19-20,22,26,28,42H,6-7,9,11-13,15,18,21,23-25,27,29-41H2,1-5H3/b10-8-,16-14-,19-17-,22-20-,28-26-/t42-/m1/s1. The number of phosphoric acid groups is 1. The molecule has 0 saturated carbocycles. The van der Waals surface area contributed by atoms with Crippen molar-refractivity contribution in [1.82, 2.24) is 0 Å². The van der Waals surface area contributed by atoms with E-state index in [0.29, 0.717) is 23.9 Å². The van der Waals surface area contributed by atoms with Gasteiger partial charge in [-0.25, -0.2) is 0 Å². The molecule has 0 aliphatic heterocycles. The summed E-state index contributed by atoms with van der Waals surface area (Å²) in [5.41, 5.74) is 0. The van der Waals surface area contributed by atoms with Gasteiger partial charge in [-0.05, 0) is 77.0 Å². The van der Waals surface area contributed by atoms with Crippen LogP contribution in [0.25, 0.3) is 0 Å². The Hall–Kier alpha value is -2.29. The molecule has 9 nitrogen and oxygen atoms in total. The largest absolute Gasteiger partial charge is 0.756 e. The molecule has 0 N–H and O–H groups in total. The van der Waals surface area contributed by atoms with E-state index in [1.807, 2.05) is 21.1 Å². The quantitative estimate of drug-likeness (QED) is 0.0201. The number of quaternary nitrogens is 1. The lowest BCUT2D eigenvalue weighted by atomic mass is 10.1. The maximum Gasteiger partial charge on any atom is 0.306 e. The van der Waals surface area contributed by atoms with Gasteiger partial charge in [0.2, 0.25) is 0 Å². The number of esters is 2. The highest BCUT2D eigenvalue weighted by Crippen LogP contribution is 2.38. The van der Waals surface area contributed by atoms with Crippen molar-refractivity contribution >= 4 is 19.8 Å². The third-order valence-electron chi connectivity index (χ3n) is 8.52. The summed E-state index contributed by atoms with van der Waals surface area (Å²) >= 11 is 0. The summed E-state index contributed by atoms with van der Waals surface area (Å²) in [6.07, 6.45) is 42.5. The summed E-state index contributed by atoms with van der Waals surface area (Å²) in [6.45, 7) is 4.03. The second-order valence-electron chi connectivity index (χ2n) is 15.0. The third-order valence-corrected chi connectivity index (χ3v) is 9.49. The molecule has 0 saturated heterocycles. The summed E-state index contributed by atoms with van der Waals surface area (Å²) in [4.78, 5) is 37.4. The lowest BCUT2D eigenvalue weighted by Crippen LogP contribution is -2.37. The average Bonchev–Trinajstić information content (AvgIpc) is 3.12. The van der Waals surface area contributed by atoms with Crippen molar-refractivity contribution < 1.29 is 42.1 Å². The maximum atomic E-state index is 12.6. The van der Waals surface area contributed by atoms with Gasteiger partial charge in [0.05, 0.1) is 27.7 Å². The smallest absolute Gasteiger partial charge is 0.306 e. The van der Waals surface area contributed by atoms with Crippen LogP contribution in [0.1, 0.15) is 155 Å². The third kappa shape index (κ3) is 39.4. The van der Waals surface area contributed by atoms with E-state index in [2.05, 4.69) is 74.6 Å². The van der Waals surface area contributed by atoms with Gasteiger partial charge in [-0.3, -0.25) is 14.2 Å². The molecule has 0 fully saturated rings. The van der Waals surface area contributed by atoms with Crippen LogP contribution in [0.5, 0.6) is 0 Å². The molecule has 0 aliphatic carbocycles. The Morgan fingerprint density at radius 3 is 1.63 bits per heavy atom. The van der Waals surface area contributed by atoms with E-state index in [0.717, 1.165) is 64.2 Å². The van der Waals surface area contributed by atoms with Crippen LogP contribution in [0.15, 0.2) is 60.8 Å². The van der Waals surface area contributed by atoms with E-state index in [4.69, 9.17) is 18.5 Å². The first kappa shape index (κ1) is 51.7. The average molecular weight is 780 g/mol. The van der Waals surface area contributed by atoms with Gasteiger partial charge in [0.15, 0.2) is 6.10 Å². The number of phosphoric ester groups is 1. The van der Waals surface area contributed by atoms with Crippen LogP contribution in [-0.4, -0.2) is 70.0 Å². The van der Waals surface area contributed by atoms with Crippen molar-refractivity contribution in [2.24, 2.45) is 0 Å². The first-order chi connectivity index (χ1) is 26.0. The minimum atomic E-state index is -4.63. The minimum absolute atomic E-state index is 0.0408. The van der Waals surface area contributed by atoms with Crippen LogP contribution in [-0.2, 0) is 32.7 Å². The zero-order chi connectivity index (χ0) is 40.0. The lowest BCUT2D eigenvalue weighted by Gasteiger charge is -2.28. The zero-order valence-electron chi connectivity index (χ0n) is 34.9. The second kappa shape index (κ2) is 36.4. The fraction of sp³-hybridized carbons (Fsp3) is 0.727. The van der Waals surface area contributed by atoms with Crippen LogP contribution in [0.3, 0.4) is 0 Å². The van der Waals surface area contributed by atoms with Crippen LogP contribution in [0, 0.1) is 0 Å². The molecule has 0 rings (SSSR count). The molecule has 2 atom stereocenters. The number of hydrogen-bond donors (Lipinski definition) is 0. The number of allylic oxidation sites excluding steroid dienone is 10. The van der Waals surface area contributed by atoms with E-state index in [9.17, 15) is 19.0 Å². The number of nitrogens with zero attached hydrogens (tertiary/aromatic N) is 1. The molecule has 0 aromatic heterocycles. The van der Waals surface area contributed by atoms with E-state index >= 15 is 0 Å². The van der Waals surface area contributed by atoms with E-state index in [1.165, 1.54) is 51.4 Å². The first-order valence-corrected chi connectivity index (χ1v) is 22.5. The van der Waals surface area contributed by atoms with Crippen molar-refractivity contribution in [3.8, 4) is 0 Å². The van der Waals surface area contributed by atoms with Crippen molar-refractivity contribution in [3.05, 3.63) is 60.8 Å². The topological polar surface area (TPSA) is 111 Å². The number of ether oxygens (including phenoxy) is 2. The van der Waals surface area contributed by atoms with E-state index < -0.39 is 32.5 Å². The highest BCUT2D eigenvalue weighted by atomic mass is 31.2. The van der Waals surface area contributed by atoms with Gasteiger partial charge >= 0.3 is 11.9 Å². The van der Waals surface area contributed by atoms with Gasteiger partial charge in [0.1, 0.15) is 19.8 Å². The Morgan fingerprint density at radius 2 is 1.06 bits per heavy atom. The van der Waals surface area contributed by atoms with Crippen molar-refractivity contribution in [3.63, 3.8) is 0 Å². The van der Waals surface area contributed by atoms with Gasteiger partial charge in [-0.2, -0.15) is 0 Å². The molecule has 0 spiro atoms.